The number of nitrogens with one attached hydrogen (secondary N) is 5. The van der Waals surface area contributed by atoms with Crippen molar-refractivity contribution in [2.24, 2.45) is 0 Å². The van der Waals surface area contributed by atoms with Crippen LogP contribution in [0, 0.1) is 6.92 Å². The van der Waals surface area contributed by atoms with E-state index in [-0.39, 0.29) is 6.42 Å². The predicted molar refractivity (Wildman–Crippen MR) is 153 cm³/mol. The minimum Gasteiger partial charge on any atom is -0.480 e. The van der Waals surface area contributed by atoms with Gasteiger partial charge in [-0.15, -0.1) is 16.4 Å². The zero-order chi connectivity index (χ0) is 27.9. The lowest BCUT2D eigenvalue weighted by atomic mass is 10.0. The summed E-state index contributed by atoms with van der Waals surface area (Å²) in [5, 5.41) is 34.0. The number of nitrogens with zero attached hydrogens (tertiary/aromatic N) is 4. The summed E-state index contributed by atoms with van der Waals surface area (Å²) in [6.07, 6.45) is 3.74. The molecule has 0 aliphatic rings. The highest BCUT2D eigenvalue weighted by atomic mass is 32.1. The minimum absolute atomic E-state index is 0.111. The van der Waals surface area contributed by atoms with E-state index < -0.39 is 17.9 Å². The maximum atomic E-state index is 13.2. The highest BCUT2D eigenvalue weighted by Crippen LogP contribution is 2.29. The Morgan fingerprint density at radius 3 is 2.31 bits per heavy atom. The van der Waals surface area contributed by atoms with Crippen molar-refractivity contribution in [2.75, 3.05) is 42.4 Å². The van der Waals surface area contributed by atoms with Crippen LogP contribution < -0.4 is 26.6 Å². The van der Waals surface area contributed by atoms with Crippen LogP contribution in [0.25, 0.3) is 5.69 Å². The maximum absolute atomic E-state index is 13.2. The molecule has 1 unspecified atom stereocenters. The Morgan fingerprint density at radius 2 is 1.74 bits per heavy atom. The summed E-state index contributed by atoms with van der Waals surface area (Å²) in [6, 6.07) is 9.75. The molecule has 2 aromatic carbocycles. The quantitative estimate of drug-likeness (QED) is 0.155. The number of aliphatic carboxylic acids is 1. The Balaban J connectivity index is 1.43. The molecule has 4 rings (SSSR count). The Bertz CT molecular complexity index is 1420. The van der Waals surface area contributed by atoms with E-state index in [9.17, 15) is 14.7 Å². The first kappa shape index (κ1) is 27.4. The van der Waals surface area contributed by atoms with Gasteiger partial charge in [-0.2, -0.15) is 0 Å². The number of carboxylic acid groups (broad SMARTS) is 1. The first-order valence-electron chi connectivity index (χ1n) is 12.2. The van der Waals surface area contributed by atoms with Gasteiger partial charge in [-0.25, -0.2) is 14.5 Å². The van der Waals surface area contributed by atoms with Gasteiger partial charge in [0.2, 0.25) is 0 Å². The van der Waals surface area contributed by atoms with E-state index >= 15 is 0 Å². The van der Waals surface area contributed by atoms with Gasteiger partial charge in [-0.1, -0.05) is 17.3 Å². The second-order valence-corrected chi connectivity index (χ2v) is 9.95. The Kier molecular flexibility index (Phi) is 8.61. The summed E-state index contributed by atoms with van der Waals surface area (Å²) in [7, 11) is 5.19. The van der Waals surface area contributed by atoms with E-state index in [1.165, 1.54) is 0 Å². The number of thiazole rings is 1. The van der Waals surface area contributed by atoms with Crippen LogP contribution in [0.4, 0.5) is 22.2 Å². The Hall–Kier alpha value is -4.65. The molecule has 1 atom stereocenters. The van der Waals surface area contributed by atoms with Gasteiger partial charge >= 0.3 is 5.97 Å². The molecule has 0 fully saturated rings. The standard InChI is InChI=1S/C26H31N9O3S/c1-15-12-30-26(39-15)31-13-18-14-35(34-33-18)19-7-5-16(6-8-19)9-22(25(37)38)32-24(36)23-20(28-3)10-17(27-2)11-21(23)29-4/h5-8,10-12,14,22,27-29H,9,13H2,1-4H3,(H,30,31)(H,32,36)(H,37,38). The average molecular weight is 550 g/mol. The number of rotatable bonds is 12. The van der Waals surface area contributed by atoms with Crippen LogP contribution in [0.15, 0.2) is 48.8 Å². The van der Waals surface area contributed by atoms with Crippen LogP contribution in [0.3, 0.4) is 0 Å². The summed E-state index contributed by atoms with van der Waals surface area (Å²) in [6.45, 7) is 2.49. The summed E-state index contributed by atoms with van der Waals surface area (Å²) in [5.41, 5.74) is 4.57. The highest BCUT2D eigenvalue weighted by molar-refractivity contribution is 7.15. The predicted octanol–water partition coefficient (Wildman–Crippen LogP) is 3.20. The summed E-state index contributed by atoms with van der Waals surface area (Å²) in [5.74, 6) is -1.62. The minimum atomic E-state index is -1.12. The second kappa shape index (κ2) is 12.3. The van der Waals surface area contributed by atoms with Crippen LogP contribution in [0.5, 0.6) is 0 Å². The fourth-order valence-corrected chi connectivity index (χ4v) is 4.64. The molecule has 0 saturated heterocycles. The third-order valence-corrected chi connectivity index (χ3v) is 6.89. The molecule has 0 bridgehead atoms. The lowest BCUT2D eigenvalue weighted by Crippen LogP contribution is -2.42. The Morgan fingerprint density at radius 1 is 1.05 bits per heavy atom. The molecule has 12 nitrogen and oxygen atoms in total. The molecule has 0 aliphatic heterocycles. The van der Waals surface area contributed by atoms with Crippen molar-refractivity contribution in [3.63, 3.8) is 0 Å². The summed E-state index contributed by atoms with van der Waals surface area (Å²) in [4.78, 5) is 30.6. The molecular formula is C26H31N9O3S. The molecule has 13 heteroatoms. The second-order valence-electron chi connectivity index (χ2n) is 8.72. The van der Waals surface area contributed by atoms with Crippen molar-refractivity contribution in [1.82, 2.24) is 25.3 Å². The third-order valence-electron chi connectivity index (χ3n) is 6.02. The molecule has 0 spiro atoms. The van der Waals surface area contributed by atoms with Gasteiger partial charge in [0.25, 0.3) is 5.91 Å². The van der Waals surface area contributed by atoms with E-state index in [4.69, 9.17) is 0 Å². The number of carbonyl (C=O) groups excluding carboxylic acids is 1. The largest absolute Gasteiger partial charge is 0.480 e. The molecule has 0 radical (unpaired) electrons. The number of aryl methyl sites for hydroxylation is 1. The smallest absolute Gasteiger partial charge is 0.326 e. The number of benzene rings is 2. The van der Waals surface area contributed by atoms with Crippen molar-refractivity contribution in [2.45, 2.75) is 25.9 Å². The molecule has 2 heterocycles. The van der Waals surface area contributed by atoms with E-state index in [1.807, 2.05) is 43.6 Å². The molecular weight excluding hydrogens is 518 g/mol. The lowest BCUT2D eigenvalue weighted by Gasteiger charge is -2.19. The van der Waals surface area contributed by atoms with Crippen molar-refractivity contribution in [3.8, 4) is 5.69 Å². The van der Waals surface area contributed by atoms with Gasteiger partial charge in [-0.3, -0.25) is 4.79 Å². The van der Waals surface area contributed by atoms with Crippen LogP contribution in [0.1, 0.15) is 26.5 Å². The van der Waals surface area contributed by atoms with Crippen LogP contribution in [0.2, 0.25) is 0 Å². The van der Waals surface area contributed by atoms with Gasteiger partial charge < -0.3 is 31.7 Å². The molecule has 6 N–H and O–H groups in total. The molecule has 39 heavy (non-hydrogen) atoms. The first-order chi connectivity index (χ1) is 18.8. The molecule has 4 aromatic rings. The fourth-order valence-electron chi connectivity index (χ4n) is 3.98. The first-order valence-corrected chi connectivity index (χ1v) is 13.0. The summed E-state index contributed by atoms with van der Waals surface area (Å²) < 4.78 is 1.65. The lowest BCUT2D eigenvalue weighted by molar-refractivity contribution is -0.139. The van der Waals surface area contributed by atoms with Crippen molar-refractivity contribution >= 4 is 45.4 Å². The third kappa shape index (κ3) is 6.62. The topological polar surface area (TPSA) is 158 Å². The molecule has 1 amide bonds. The number of hydrogen-bond acceptors (Lipinski definition) is 10. The Labute approximate surface area is 229 Å². The van der Waals surface area contributed by atoms with Gasteiger partial charge in [-0.05, 0) is 36.8 Å². The zero-order valence-corrected chi connectivity index (χ0v) is 22.9. The average Bonchev–Trinajstić information content (AvgIpc) is 3.59. The molecule has 2 aromatic heterocycles. The SMILES string of the molecule is CNc1cc(NC)c(C(=O)NC(Cc2ccc(-n3cc(CNc4ncc(C)s4)nn3)cc2)C(=O)O)c(NC)c1. The summed E-state index contributed by atoms with van der Waals surface area (Å²) >= 11 is 1.57. The van der Waals surface area contributed by atoms with Gasteiger partial charge in [0.1, 0.15) is 11.7 Å². The van der Waals surface area contributed by atoms with E-state index in [2.05, 4.69) is 41.9 Å². The number of aromatic nitrogens is 4. The van der Waals surface area contributed by atoms with Crippen molar-refractivity contribution in [3.05, 3.63) is 70.5 Å². The van der Waals surface area contributed by atoms with Crippen molar-refractivity contribution < 1.29 is 14.7 Å². The van der Waals surface area contributed by atoms with Gasteiger partial charge in [0, 0.05) is 44.3 Å². The zero-order valence-electron chi connectivity index (χ0n) is 22.1. The molecule has 204 valence electrons. The normalized spacial score (nSPS) is 11.5. The number of carbonyl (C=O) groups is 2. The number of hydrogen-bond donors (Lipinski definition) is 6. The molecule has 0 aliphatic carbocycles. The van der Waals surface area contributed by atoms with E-state index in [0.717, 1.165) is 32.6 Å². The number of carboxylic acids is 1. The fraction of sp³-hybridized carbons (Fsp3) is 0.269. The van der Waals surface area contributed by atoms with Gasteiger partial charge in [0.15, 0.2) is 5.13 Å². The van der Waals surface area contributed by atoms with E-state index in [1.54, 1.807) is 49.3 Å². The highest BCUT2D eigenvalue weighted by Gasteiger charge is 2.25. The monoisotopic (exact) mass is 549 g/mol. The molecule has 0 saturated carbocycles. The number of amides is 1. The van der Waals surface area contributed by atoms with Crippen LogP contribution in [-0.2, 0) is 17.8 Å². The van der Waals surface area contributed by atoms with Crippen LogP contribution in [-0.4, -0.2) is 64.1 Å². The maximum Gasteiger partial charge on any atom is 0.326 e. The van der Waals surface area contributed by atoms with Crippen LogP contribution >= 0.6 is 11.3 Å². The van der Waals surface area contributed by atoms with Gasteiger partial charge in [0.05, 0.1) is 35.4 Å². The van der Waals surface area contributed by atoms with Crippen molar-refractivity contribution in [1.29, 1.82) is 0 Å². The number of anilines is 4. The van der Waals surface area contributed by atoms with E-state index in [0.29, 0.717) is 23.5 Å².